The molecule has 0 saturated heterocycles. The fraction of sp³-hybridized carbons (Fsp3) is 0.154. The fourth-order valence-electron chi connectivity index (χ4n) is 1.95. The van der Waals surface area contributed by atoms with Crippen LogP contribution in [-0.4, -0.2) is 20.1 Å². The Bertz CT molecular complexity index is 804. The minimum Gasteiger partial charge on any atom is -0.408 e. The Balaban J connectivity index is 2.17. The maximum Gasteiger partial charge on any atom is 0.417 e. The summed E-state index contributed by atoms with van der Waals surface area (Å²) in [6, 6.07) is 7.13. The van der Waals surface area contributed by atoms with E-state index in [2.05, 4.69) is 15.0 Å². The van der Waals surface area contributed by atoms with Crippen LogP contribution in [0.1, 0.15) is 11.5 Å². The Kier molecular flexibility index (Phi) is 2.64. The quantitative estimate of drug-likeness (QED) is 0.723. The predicted octanol–water partition coefficient (Wildman–Crippen LogP) is 1.38. The van der Waals surface area contributed by atoms with E-state index in [-0.39, 0.29) is 6.61 Å². The Morgan fingerprint density at radius 2 is 2.16 bits per heavy atom. The lowest BCUT2D eigenvalue weighted by Crippen LogP contribution is -1.98. The third-order valence-electron chi connectivity index (χ3n) is 2.76. The second kappa shape index (κ2) is 4.33. The number of H-pyrrole nitrogens is 1. The molecule has 0 aliphatic rings. The second-order valence-electron chi connectivity index (χ2n) is 4.19. The van der Waals surface area contributed by atoms with Gasteiger partial charge >= 0.3 is 5.76 Å². The van der Waals surface area contributed by atoms with E-state index in [9.17, 15) is 4.79 Å². The van der Waals surface area contributed by atoms with Crippen molar-refractivity contribution in [2.75, 3.05) is 0 Å². The van der Waals surface area contributed by atoms with Gasteiger partial charge in [0.1, 0.15) is 6.61 Å². The molecule has 96 valence electrons. The summed E-state index contributed by atoms with van der Waals surface area (Å²) in [6.07, 6.45) is 0. The summed E-state index contributed by atoms with van der Waals surface area (Å²) in [6.45, 7) is 1.62. The molecule has 0 saturated carbocycles. The van der Waals surface area contributed by atoms with Gasteiger partial charge < -0.3 is 9.52 Å². The van der Waals surface area contributed by atoms with E-state index in [1.54, 1.807) is 12.1 Å². The molecule has 0 fully saturated rings. The molecule has 0 aliphatic heterocycles. The molecule has 3 rings (SSSR count). The van der Waals surface area contributed by atoms with Gasteiger partial charge in [-0.05, 0) is 25.1 Å². The van der Waals surface area contributed by atoms with Crippen molar-refractivity contribution in [2.45, 2.75) is 13.5 Å². The molecule has 6 nitrogen and oxygen atoms in total. The monoisotopic (exact) mass is 257 g/mol. The smallest absolute Gasteiger partial charge is 0.408 e. The van der Waals surface area contributed by atoms with Crippen molar-refractivity contribution in [3.05, 3.63) is 46.3 Å². The van der Waals surface area contributed by atoms with Crippen LogP contribution in [0.2, 0.25) is 0 Å². The number of nitrogens with one attached hydrogen (secondary N) is 1. The number of benzene rings is 1. The summed E-state index contributed by atoms with van der Waals surface area (Å²) in [5.74, 6) is -0.118. The largest absolute Gasteiger partial charge is 0.417 e. The molecule has 0 aliphatic carbocycles. The highest BCUT2D eigenvalue weighted by atomic mass is 16.4. The number of fused-ring (bicyclic) bond motifs is 1. The normalized spacial score (nSPS) is 11.1. The van der Waals surface area contributed by atoms with Gasteiger partial charge in [0.2, 0.25) is 0 Å². The molecule has 0 spiro atoms. The molecule has 0 radical (unpaired) electrons. The number of aryl methyl sites for hydroxylation is 1. The average Bonchev–Trinajstić information content (AvgIpc) is 2.76. The van der Waals surface area contributed by atoms with E-state index in [0.717, 1.165) is 11.3 Å². The van der Waals surface area contributed by atoms with Crippen LogP contribution in [0.25, 0.3) is 22.4 Å². The van der Waals surface area contributed by atoms with Gasteiger partial charge in [-0.3, -0.25) is 4.98 Å². The number of rotatable bonds is 2. The van der Waals surface area contributed by atoms with Crippen molar-refractivity contribution < 1.29 is 9.52 Å². The lowest BCUT2D eigenvalue weighted by molar-refractivity contribution is 0.271. The number of aromatic amines is 1. The number of oxazole rings is 1. The van der Waals surface area contributed by atoms with Crippen LogP contribution in [0.3, 0.4) is 0 Å². The van der Waals surface area contributed by atoms with Gasteiger partial charge in [-0.15, -0.1) is 0 Å². The Morgan fingerprint density at radius 1 is 1.32 bits per heavy atom. The zero-order valence-corrected chi connectivity index (χ0v) is 10.2. The number of hydrogen-bond donors (Lipinski definition) is 2. The topological polar surface area (TPSA) is 92.0 Å². The summed E-state index contributed by atoms with van der Waals surface area (Å²) >= 11 is 0. The molecule has 6 heteroatoms. The van der Waals surface area contributed by atoms with Crippen molar-refractivity contribution in [1.82, 2.24) is 15.0 Å². The van der Waals surface area contributed by atoms with E-state index in [1.165, 1.54) is 0 Å². The molecular formula is C13H11N3O3. The first-order chi connectivity index (χ1) is 9.15. The molecular weight excluding hydrogens is 246 g/mol. The van der Waals surface area contributed by atoms with Crippen molar-refractivity contribution in [2.24, 2.45) is 0 Å². The maximum absolute atomic E-state index is 11.1. The number of aliphatic hydroxyl groups excluding tert-OH is 1. The second-order valence-corrected chi connectivity index (χ2v) is 4.19. The Hall–Kier alpha value is -2.47. The minimum absolute atomic E-state index is 0.212. The fourth-order valence-corrected chi connectivity index (χ4v) is 1.95. The van der Waals surface area contributed by atoms with Crippen LogP contribution in [-0.2, 0) is 6.61 Å². The molecule has 1 aromatic carbocycles. The SMILES string of the molecule is Cc1cc(-c2ccc3[nH]c(=O)oc3c2)nc(CO)n1. The zero-order chi connectivity index (χ0) is 13.4. The minimum atomic E-state index is -0.484. The van der Waals surface area contributed by atoms with Gasteiger partial charge in [0.15, 0.2) is 11.4 Å². The molecule has 2 aromatic heterocycles. The lowest BCUT2D eigenvalue weighted by Gasteiger charge is -2.04. The summed E-state index contributed by atoms with van der Waals surface area (Å²) in [4.78, 5) is 22.0. The standard InChI is InChI=1S/C13H11N3O3/c1-7-4-10(15-12(6-17)14-7)8-2-3-9-11(5-8)19-13(18)16-9/h2-5,17H,6H2,1H3,(H,16,18). The van der Waals surface area contributed by atoms with E-state index in [0.29, 0.717) is 22.6 Å². The summed E-state index contributed by atoms with van der Waals surface area (Å²) < 4.78 is 5.01. The van der Waals surface area contributed by atoms with E-state index >= 15 is 0 Å². The van der Waals surface area contributed by atoms with Crippen LogP contribution in [0.5, 0.6) is 0 Å². The van der Waals surface area contributed by atoms with Crippen LogP contribution in [0, 0.1) is 6.92 Å². The predicted molar refractivity (Wildman–Crippen MR) is 68.5 cm³/mol. The van der Waals surface area contributed by atoms with Crippen molar-refractivity contribution >= 4 is 11.1 Å². The van der Waals surface area contributed by atoms with Gasteiger partial charge in [-0.2, -0.15) is 0 Å². The van der Waals surface area contributed by atoms with Crippen molar-refractivity contribution in [3.63, 3.8) is 0 Å². The number of aliphatic hydroxyl groups is 1. The van der Waals surface area contributed by atoms with E-state index < -0.39 is 5.76 Å². The highest BCUT2D eigenvalue weighted by Crippen LogP contribution is 2.22. The number of aromatic nitrogens is 3. The molecule has 0 amide bonds. The zero-order valence-electron chi connectivity index (χ0n) is 10.2. The van der Waals surface area contributed by atoms with Gasteiger partial charge in [0, 0.05) is 11.3 Å². The van der Waals surface area contributed by atoms with Gasteiger partial charge in [-0.1, -0.05) is 6.07 Å². The van der Waals surface area contributed by atoms with Crippen molar-refractivity contribution in [3.8, 4) is 11.3 Å². The molecule has 3 aromatic rings. The Labute approximate surface area is 107 Å². The molecule has 2 heterocycles. The molecule has 0 unspecified atom stereocenters. The average molecular weight is 257 g/mol. The summed E-state index contributed by atoms with van der Waals surface area (Å²) in [7, 11) is 0. The summed E-state index contributed by atoms with van der Waals surface area (Å²) in [5.41, 5.74) is 3.37. The highest BCUT2D eigenvalue weighted by molar-refractivity contribution is 5.78. The van der Waals surface area contributed by atoms with Gasteiger partial charge in [0.25, 0.3) is 0 Å². The summed E-state index contributed by atoms with van der Waals surface area (Å²) in [5, 5.41) is 9.12. The lowest BCUT2D eigenvalue weighted by atomic mass is 10.1. The van der Waals surface area contributed by atoms with E-state index in [4.69, 9.17) is 9.52 Å². The van der Waals surface area contributed by atoms with Crippen LogP contribution >= 0.6 is 0 Å². The van der Waals surface area contributed by atoms with Crippen LogP contribution < -0.4 is 5.76 Å². The van der Waals surface area contributed by atoms with Gasteiger partial charge in [-0.25, -0.2) is 14.8 Å². The first-order valence-corrected chi connectivity index (χ1v) is 5.74. The van der Waals surface area contributed by atoms with E-state index in [1.807, 2.05) is 19.1 Å². The first-order valence-electron chi connectivity index (χ1n) is 5.74. The Morgan fingerprint density at radius 3 is 2.95 bits per heavy atom. The first kappa shape index (κ1) is 11.6. The molecule has 19 heavy (non-hydrogen) atoms. The number of hydrogen-bond acceptors (Lipinski definition) is 5. The highest BCUT2D eigenvalue weighted by Gasteiger charge is 2.07. The van der Waals surface area contributed by atoms with Gasteiger partial charge in [0.05, 0.1) is 11.2 Å². The maximum atomic E-state index is 11.1. The molecule has 0 bridgehead atoms. The molecule has 2 N–H and O–H groups in total. The van der Waals surface area contributed by atoms with Crippen LogP contribution in [0.15, 0.2) is 33.5 Å². The van der Waals surface area contributed by atoms with Crippen LogP contribution in [0.4, 0.5) is 0 Å². The third-order valence-corrected chi connectivity index (χ3v) is 2.76. The molecule has 0 atom stereocenters. The van der Waals surface area contributed by atoms with Crippen molar-refractivity contribution in [1.29, 1.82) is 0 Å². The third kappa shape index (κ3) is 2.13. The number of nitrogens with zero attached hydrogens (tertiary/aromatic N) is 2.